The zero-order valence-electron chi connectivity index (χ0n) is 21.0. The van der Waals surface area contributed by atoms with Gasteiger partial charge in [0.25, 0.3) is 0 Å². The first kappa shape index (κ1) is 26.1. The molecule has 2 aromatic carbocycles. The van der Waals surface area contributed by atoms with Crippen LogP contribution in [0.1, 0.15) is 11.1 Å². The molecule has 1 aliphatic heterocycles. The number of hydrogen-bond donors (Lipinski definition) is 0. The molecule has 0 saturated carbocycles. The number of pyridine rings is 1. The summed E-state index contributed by atoms with van der Waals surface area (Å²) in [6, 6.07) is 20.6. The number of benzene rings is 2. The number of amides is 1. The first-order valence-corrected chi connectivity index (χ1v) is 14.7. The zero-order chi connectivity index (χ0) is 26.5. The second kappa shape index (κ2) is 11.5. The summed E-state index contributed by atoms with van der Waals surface area (Å²) in [7, 11) is -3.58. The maximum Gasteiger partial charge on any atom is 0.243 e. The number of carbonyl (C=O) groups excluding carboxylic acids is 1. The molecule has 9 nitrogen and oxygen atoms in total. The minimum absolute atomic E-state index is 0.0536. The van der Waals surface area contributed by atoms with Crippen LogP contribution in [0.4, 0.5) is 0 Å². The van der Waals surface area contributed by atoms with Crippen LogP contribution in [-0.2, 0) is 21.4 Å². The van der Waals surface area contributed by atoms with Crippen molar-refractivity contribution in [1.82, 2.24) is 29.0 Å². The number of aryl methyl sites for hydroxylation is 1. The molecule has 1 aliphatic rings. The SMILES string of the molecule is Cc1ccc(S(=O)(=O)N2CCN(C(=O)CSc3nnc(-c4ccncc4)n3Cc3ccccc3)CC2)cc1. The molecule has 1 amide bonds. The van der Waals surface area contributed by atoms with E-state index in [1.54, 1.807) is 41.6 Å². The van der Waals surface area contributed by atoms with Crippen LogP contribution in [0.15, 0.2) is 89.2 Å². The highest BCUT2D eigenvalue weighted by atomic mass is 32.2. The van der Waals surface area contributed by atoms with Gasteiger partial charge in [-0.05, 0) is 36.8 Å². The Morgan fingerprint density at radius 2 is 1.58 bits per heavy atom. The summed E-state index contributed by atoms with van der Waals surface area (Å²) in [5, 5.41) is 9.45. The van der Waals surface area contributed by atoms with Gasteiger partial charge in [-0.25, -0.2) is 8.42 Å². The fourth-order valence-electron chi connectivity index (χ4n) is 4.27. The molecule has 5 rings (SSSR count). The highest BCUT2D eigenvalue weighted by molar-refractivity contribution is 7.99. The summed E-state index contributed by atoms with van der Waals surface area (Å²) >= 11 is 1.34. The van der Waals surface area contributed by atoms with Gasteiger partial charge in [0.2, 0.25) is 15.9 Å². The Kier molecular flexibility index (Phi) is 7.87. The van der Waals surface area contributed by atoms with Gasteiger partial charge >= 0.3 is 0 Å². The molecule has 0 spiro atoms. The number of rotatable bonds is 8. The lowest BCUT2D eigenvalue weighted by Gasteiger charge is -2.34. The average molecular weight is 549 g/mol. The van der Waals surface area contributed by atoms with Gasteiger partial charge in [-0.2, -0.15) is 4.31 Å². The van der Waals surface area contributed by atoms with Gasteiger partial charge in [-0.3, -0.25) is 14.3 Å². The van der Waals surface area contributed by atoms with Crippen LogP contribution in [-0.4, -0.2) is 75.2 Å². The summed E-state index contributed by atoms with van der Waals surface area (Å²) in [5.41, 5.74) is 3.00. The molecule has 1 saturated heterocycles. The number of aromatic nitrogens is 4. The van der Waals surface area contributed by atoms with Crippen LogP contribution in [0.3, 0.4) is 0 Å². The van der Waals surface area contributed by atoms with Crippen LogP contribution >= 0.6 is 11.8 Å². The first-order chi connectivity index (χ1) is 18.4. The molecule has 0 bridgehead atoms. The summed E-state index contributed by atoms with van der Waals surface area (Å²) in [5.74, 6) is 0.844. The smallest absolute Gasteiger partial charge is 0.243 e. The maximum absolute atomic E-state index is 13.1. The van der Waals surface area contributed by atoms with Crippen LogP contribution in [0, 0.1) is 6.92 Å². The average Bonchev–Trinajstić information content (AvgIpc) is 3.35. The Labute approximate surface area is 226 Å². The molecular formula is C27H28N6O3S2. The first-order valence-electron chi connectivity index (χ1n) is 12.3. The minimum Gasteiger partial charge on any atom is -0.339 e. The van der Waals surface area contributed by atoms with Crippen molar-refractivity contribution in [1.29, 1.82) is 0 Å². The molecule has 11 heteroatoms. The van der Waals surface area contributed by atoms with Crippen LogP contribution in [0.25, 0.3) is 11.4 Å². The van der Waals surface area contributed by atoms with E-state index in [9.17, 15) is 13.2 Å². The molecule has 2 aromatic heterocycles. The normalized spacial score (nSPS) is 14.5. The third-order valence-corrected chi connectivity index (χ3v) is 9.28. The van der Waals surface area contributed by atoms with Gasteiger partial charge in [0.15, 0.2) is 11.0 Å². The van der Waals surface area contributed by atoms with E-state index in [2.05, 4.69) is 15.2 Å². The molecule has 4 aromatic rings. The van der Waals surface area contributed by atoms with Crippen LogP contribution in [0.2, 0.25) is 0 Å². The van der Waals surface area contributed by atoms with E-state index in [0.29, 0.717) is 30.6 Å². The van der Waals surface area contributed by atoms with Crippen molar-refractivity contribution in [2.24, 2.45) is 0 Å². The summed E-state index contributed by atoms with van der Waals surface area (Å²) in [4.78, 5) is 19.1. The van der Waals surface area contributed by atoms with Crippen molar-refractivity contribution in [3.05, 3.63) is 90.3 Å². The van der Waals surface area contributed by atoms with E-state index in [0.717, 1.165) is 16.7 Å². The lowest BCUT2D eigenvalue weighted by atomic mass is 10.2. The third kappa shape index (κ3) is 5.79. The molecule has 1 fully saturated rings. The Morgan fingerprint density at radius 1 is 0.895 bits per heavy atom. The number of sulfonamides is 1. The fourth-order valence-corrected chi connectivity index (χ4v) is 6.54. The Hall–Kier alpha value is -3.54. The predicted molar refractivity (Wildman–Crippen MR) is 146 cm³/mol. The standard InChI is InChI=1S/C27H28N6O3S2/c1-21-7-9-24(10-8-21)38(35,36)32-17-15-31(16-18-32)25(34)20-37-27-30-29-26(23-11-13-28-14-12-23)33(27)19-22-5-3-2-4-6-22/h2-14H,15-20H2,1H3. The largest absolute Gasteiger partial charge is 0.339 e. The molecule has 196 valence electrons. The maximum atomic E-state index is 13.1. The summed E-state index contributed by atoms with van der Waals surface area (Å²) in [6.45, 7) is 3.72. The quantitative estimate of drug-likeness (QED) is 0.311. The molecule has 38 heavy (non-hydrogen) atoms. The monoisotopic (exact) mass is 548 g/mol. The summed E-state index contributed by atoms with van der Waals surface area (Å²) in [6.07, 6.45) is 3.43. The van der Waals surface area contributed by atoms with E-state index in [4.69, 9.17) is 0 Å². The Balaban J connectivity index is 1.24. The Bertz CT molecular complexity index is 1490. The molecule has 3 heterocycles. The number of nitrogens with zero attached hydrogens (tertiary/aromatic N) is 6. The lowest BCUT2D eigenvalue weighted by Crippen LogP contribution is -2.50. The highest BCUT2D eigenvalue weighted by Crippen LogP contribution is 2.26. The molecular weight excluding hydrogens is 520 g/mol. The second-order valence-corrected chi connectivity index (χ2v) is 11.9. The number of carbonyl (C=O) groups is 1. The number of thioether (sulfide) groups is 1. The van der Waals surface area contributed by atoms with Gasteiger partial charge in [0.1, 0.15) is 0 Å². The van der Waals surface area contributed by atoms with Crippen LogP contribution < -0.4 is 0 Å². The van der Waals surface area contributed by atoms with Crippen molar-refractivity contribution in [2.45, 2.75) is 23.5 Å². The number of piperazine rings is 1. The topological polar surface area (TPSA) is 101 Å². The predicted octanol–water partition coefficient (Wildman–Crippen LogP) is 3.32. The van der Waals surface area contributed by atoms with Crippen molar-refractivity contribution in [3.63, 3.8) is 0 Å². The zero-order valence-corrected chi connectivity index (χ0v) is 22.6. The van der Waals surface area contributed by atoms with E-state index in [1.165, 1.54) is 16.1 Å². The highest BCUT2D eigenvalue weighted by Gasteiger charge is 2.30. The second-order valence-electron chi connectivity index (χ2n) is 9.00. The minimum atomic E-state index is -3.58. The van der Waals surface area contributed by atoms with Crippen molar-refractivity contribution >= 4 is 27.7 Å². The van der Waals surface area contributed by atoms with Gasteiger partial charge in [-0.1, -0.05) is 59.8 Å². The fraction of sp³-hybridized carbons (Fsp3) is 0.259. The molecule has 0 N–H and O–H groups in total. The van der Waals surface area contributed by atoms with Crippen molar-refractivity contribution in [3.8, 4) is 11.4 Å². The van der Waals surface area contributed by atoms with E-state index in [1.807, 2.05) is 54.0 Å². The van der Waals surface area contributed by atoms with Crippen molar-refractivity contribution < 1.29 is 13.2 Å². The van der Waals surface area contributed by atoms with Gasteiger partial charge in [-0.15, -0.1) is 10.2 Å². The third-order valence-electron chi connectivity index (χ3n) is 6.41. The lowest BCUT2D eigenvalue weighted by molar-refractivity contribution is -0.129. The number of hydrogen-bond acceptors (Lipinski definition) is 7. The molecule has 0 atom stereocenters. The van der Waals surface area contributed by atoms with Gasteiger partial charge in [0.05, 0.1) is 17.2 Å². The van der Waals surface area contributed by atoms with E-state index >= 15 is 0 Å². The van der Waals surface area contributed by atoms with Crippen molar-refractivity contribution in [2.75, 3.05) is 31.9 Å². The van der Waals surface area contributed by atoms with E-state index < -0.39 is 10.0 Å². The van der Waals surface area contributed by atoms with Crippen LogP contribution in [0.5, 0.6) is 0 Å². The molecule has 0 aliphatic carbocycles. The van der Waals surface area contributed by atoms with Gasteiger partial charge in [0, 0.05) is 44.1 Å². The molecule has 0 radical (unpaired) electrons. The molecule has 0 unspecified atom stereocenters. The van der Waals surface area contributed by atoms with Gasteiger partial charge < -0.3 is 4.90 Å². The van der Waals surface area contributed by atoms with E-state index in [-0.39, 0.29) is 29.6 Å². The Morgan fingerprint density at radius 3 is 2.26 bits per heavy atom. The summed E-state index contributed by atoms with van der Waals surface area (Å²) < 4.78 is 29.4.